The van der Waals surface area contributed by atoms with Gasteiger partial charge in [-0.05, 0) is 31.4 Å². The maximum Gasteiger partial charge on any atom is 0.336 e. The fraction of sp³-hybridized carbons (Fsp3) is 0.400. The van der Waals surface area contributed by atoms with E-state index in [9.17, 15) is 9.90 Å². The molecule has 0 aliphatic heterocycles. The molecule has 0 bridgehead atoms. The summed E-state index contributed by atoms with van der Waals surface area (Å²) in [6.45, 7) is 6.41. The molecule has 1 heterocycles. The molecule has 0 unspecified atom stereocenters. The molecular weight excluding hydrogens is 272 g/mol. The predicted octanol–water partition coefficient (Wildman–Crippen LogP) is 2.98. The zero-order valence-electron chi connectivity index (χ0n) is 12.3. The van der Waals surface area contributed by atoms with Gasteiger partial charge in [0.2, 0.25) is 11.8 Å². The van der Waals surface area contributed by atoms with E-state index >= 15 is 0 Å². The quantitative estimate of drug-likeness (QED) is 0.823. The number of aromatic nitrogens is 2. The molecule has 1 aromatic carbocycles. The van der Waals surface area contributed by atoms with E-state index in [2.05, 4.69) is 10.2 Å². The van der Waals surface area contributed by atoms with E-state index < -0.39 is 5.97 Å². The first-order valence-corrected chi connectivity index (χ1v) is 6.78. The van der Waals surface area contributed by atoms with Crippen LogP contribution in [-0.2, 0) is 11.3 Å². The molecule has 112 valence electrons. The number of hydrogen-bond acceptors (Lipinski definition) is 5. The number of benzene rings is 1. The second kappa shape index (κ2) is 6.49. The molecule has 2 rings (SSSR count). The summed E-state index contributed by atoms with van der Waals surface area (Å²) in [6, 6.07) is 3.61. The Morgan fingerprint density at radius 1 is 1.29 bits per heavy atom. The van der Waals surface area contributed by atoms with Crippen LogP contribution in [0.5, 0.6) is 0 Å². The van der Waals surface area contributed by atoms with Crippen LogP contribution >= 0.6 is 0 Å². The van der Waals surface area contributed by atoms with Crippen molar-refractivity contribution in [1.82, 2.24) is 10.2 Å². The number of nitrogens with zero attached hydrogens (tertiary/aromatic N) is 2. The monoisotopic (exact) mass is 290 g/mol. The maximum absolute atomic E-state index is 11.5. The van der Waals surface area contributed by atoms with Crippen molar-refractivity contribution < 1.29 is 19.1 Å². The minimum Gasteiger partial charge on any atom is -0.478 e. The van der Waals surface area contributed by atoms with Gasteiger partial charge >= 0.3 is 5.97 Å². The van der Waals surface area contributed by atoms with Gasteiger partial charge in [0.05, 0.1) is 11.1 Å². The van der Waals surface area contributed by atoms with Crippen LogP contribution in [0.4, 0.5) is 0 Å². The normalized spacial score (nSPS) is 10.8. The standard InChI is InChI=1S/C15H18N2O4/c1-4-7-20-8-11-16-17-14(21-11)12-9(2)5-6-10(3)13(12)15(18)19/h5-6H,4,7-8H2,1-3H3,(H,18,19). The van der Waals surface area contributed by atoms with Gasteiger partial charge in [-0.15, -0.1) is 10.2 Å². The van der Waals surface area contributed by atoms with Gasteiger partial charge in [0, 0.05) is 6.61 Å². The SMILES string of the molecule is CCCOCc1nnc(-c2c(C)ccc(C)c2C(=O)O)o1. The highest BCUT2D eigenvalue weighted by Gasteiger charge is 2.21. The average molecular weight is 290 g/mol. The Bertz CT molecular complexity index is 649. The molecule has 1 N–H and O–H groups in total. The van der Waals surface area contributed by atoms with E-state index in [1.54, 1.807) is 13.0 Å². The lowest BCUT2D eigenvalue weighted by Crippen LogP contribution is -2.04. The lowest BCUT2D eigenvalue weighted by Gasteiger charge is -2.08. The van der Waals surface area contributed by atoms with Gasteiger partial charge in [-0.2, -0.15) is 0 Å². The summed E-state index contributed by atoms with van der Waals surface area (Å²) >= 11 is 0. The van der Waals surface area contributed by atoms with Crippen molar-refractivity contribution in [3.05, 3.63) is 34.7 Å². The van der Waals surface area contributed by atoms with Crippen molar-refractivity contribution in [3.63, 3.8) is 0 Å². The maximum atomic E-state index is 11.5. The fourth-order valence-corrected chi connectivity index (χ4v) is 2.08. The average Bonchev–Trinajstić information content (AvgIpc) is 2.89. The molecule has 0 saturated carbocycles. The second-order valence-corrected chi connectivity index (χ2v) is 4.81. The summed E-state index contributed by atoms with van der Waals surface area (Å²) in [5.74, 6) is -0.451. The van der Waals surface area contributed by atoms with Crippen LogP contribution in [0.1, 0.15) is 40.7 Å². The molecule has 0 saturated heterocycles. The molecular formula is C15H18N2O4. The number of aryl methyl sites for hydroxylation is 2. The van der Waals surface area contributed by atoms with Gasteiger partial charge in [0.1, 0.15) is 6.61 Å². The van der Waals surface area contributed by atoms with E-state index in [0.29, 0.717) is 23.6 Å². The largest absolute Gasteiger partial charge is 0.478 e. The fourth-order valence-electron chi connectivity index (χ4n) is 2.08. The molecule has 0 aliphatic rings. The minimum absolute atomic E-state index is 0.194. The summed E-state index contributed by atoms with van der Waals surface area (Å²) in [7, 11) is 0. The topological polar surface area (TPSA) is 85.5 Å². The molecule has 6 heteroatoms. The van der Waals surface area contributed by atoms with Crippen LogP contribution in [0.2, 0.25) is 0 Å². The Balaban J connectivity index is 2.38. The summed E-state index contributed by atoms with van der Waals surface area (Å²) in [4.78, 5) is 11.5. The lowest BCUT2D eigenvalue weighted by atomic mass is 9.97. The van der Waals surface area contributed by atoms with Crippen molar-refractivity contribution >= 4 is 5.97 Å². The Kier molecular flexibility index (Phi) is 4.70. The van der Waals surface area contributed by atoms with Crippen LogP contribution in [0.3, 0.4) is 0 Å². The van der Waals surface area contributed by atoms with Crippen LogP contribution in [0, 0.1) is 13.8 Å². The smallest absolute Gasteiger partial charge is 0.336 e. The Hall–Kier alpha value is -2.21. The molecule has 0 aliphatic carbocycles. The first kappa shape index (κ1) is 15.2. The number of rotatable bonds is 6. The lowest BCUT2D eigenvalue weighted by molar-refractivity contribution is 0.0696. The number of ether oxygens (including phenoxy) is 1. The molecule has 1 aromatic heterocycles. The van der Waals surface area contributed by atoms with E-state index in [0.717, 1.165) is 12.0 Å². The van der Waals surface area contributed by atoms with Gasteiger partial charge in [-0.3, -0.25) is 0 Å². The number of carbonyl (C=O) groups is 1. The summed E-state index contributed by atoms with van der Waals surface area (Å²) in [5.41, 5.74) is 2.10. The number of aromatic carboxylic acids is 1. The van der Waals surface area contributed by atoms with E-state index in [4.69, 9.17) is 9.15 Å². The summed E-state index contributed by atoms with van der Waals surface area (Å²) in [6.07, 6.45) is 0.904. The van der Waals surface area contributed by atoms with Crippen molar-refractivity contribution in [2.75, 3.05) is 6.61 Å². The summed E-state index contributed by atoms with van der Waals surface area (Å²) in [5, 5.41) is 17.2. The van der Waals surface area contributed by atoms with Crippen LogP contribution in [-0.4, -0.2) is 27.9 Å². The summed E-state index contributed by atoms with van der Waals surface area (Å²) < 4.78 is 10.9. The van der Waals surface area contributed by atoms with Gasteiger partial charge in [0.15, 0.2) is 0 Å². The van der Waals surface area contributed by atoms with E-state index in [1.807, 2.05) is 19.9 Å². The van der Waals surface area contributed by atoms with Gasteiger partial charge in [-0.25, -0.2) is 4.79 Å². The third-order valence-corrected chi connectivity index (χ3v) is 3.09. The predicted molar refractivity (Wildman–Crippen MR) is 76.1 cm³/mol. The highest BCUT2D eigenvalue weighted by atomic mass is 16.5. The van der Waals surface area contributed by atoms with E-state index in [-0.39, 0.29) is 18.1 Å². The molecule has 0 spiro atoms. The highest BCUT2D eigenvalue weighted by Crippen LogP contribution is 2.29. The highest BCUT2D eigenvalue weighted by molar-refractivity contribution is 5.97. The number of carboxylic acids is 1. The first-order chi connectivity index (χ1) is 10.0. The molecule has 21 heavy (non-hydrogen) atoms. The zero-order chi connectivity index (χ0) is 15.4. The first-order valence-electron chi connectivity index (χ1n) is 6.78. The van der Waals surface area contributed by atoms with Gasteiger partial charge in [-0.1, -0.05) is 19.1 Å². The van der Waals surface area contributed by atoms with Crippen molar-refractivity contribution in [2.45, 2.75) is 33.8 Å². The third kappa shape index (κ3) is 3.28. The van der Waals surface area contributed by atoms with Crippen LogP contribution in [0.15, 0.2) is 16.5 Å². The number of carboxylic acid groups (broad SMARTS) is 1. The molecule has 0 amide bonds. The third-order valence-electron chi connectivity index (χ3n) is 3.09. The van der Waals surface area contributed by atoms with Gasteiger partial charge in [0.25, 0.3) is 0 Å². The van der Waals surface area contributed by atoms with Gasteiger partial charge < -0.3 is 14.3 Å². The van der Waals surface area contributed by atoms with Crippen LogP contribution < -0.4 is 0 Å². The van der Waals surface area contributed by atoms with Crippen molar-refractivity contribution in [2.24, 2.45) is 0 Å². The Morgan fingerprint density at radius 3 is 2.67 bits per heavy atom. The Labute approximate surface area is 122 Å². The zero-order valence-corrected chi connectivity index (χ0v) is 12.3. The molecule has 6 nitrogen and oxygen atoms in total. The molecule has 0 atom stereocenters. The Morgan fingerprint density at radius 2 is 2.00 bits per heavy atom. The molecule has 2 aromatic rings. The van der Waals surface area contributed by atoms with Crippen molar-refractivity contribution in [1.29, 1.82) is 0 Å². The molecule has 0 radical (unpaired) electrons. The van der Waals surface area contributed by atoms with E-state index in [1.165, 1.54) is 0 Å². The second-order valence-electron chi connectivity index (χ2n) is 4.81. The van der Waals surface area contributed by atoms with Crippen molar-refractivity contribution in [3.8, 4) is 11.5 Å². The van der Waals surface area contributed by atoms with Crippen LogP contribution in [0.25, 0.3) is 11.5 Å². The number of hydrogen-bond donors (Lipinski definition) is 1. The molecule has 0 fully saturated rings. The minimum atomic E-state index is -1.01.